The van der Waals surface area contributed by atoms with E-state index in [1.807, 2.05) is 18.2 Å². The zero-order valence-electron chi connectivity index (χ0n) is 16.0. The Balaban J connectivity index is 1.66. The molecule has 1 heterocycles. The minimum absolute atomic E-state index is 0.153. The normalized spacial score (nSPS) is 10.1. The number of benzene rings is 2. The topological polar surface area (TPSA) is 86.1 Å². The Kier molecular flexibility index (Phi) is 6.33. The fourth-order valence-electron chi connectivity index (χ4n) is 2.83. The van der Waals surface area contributed by atoms with Gasteiger partial charge < -0.3 is 10.2 Å². The van der Waals surface area contributed by atoms with Crippen molar-refractivity contribution in [1.29, 1.82) is 5.26 Å². The van der Waals surface area contributed by atoms with Gasteiger partial charge in [-0.1, -0.05) is 12.1 Å². The SMILES string of the molecule is CN(CCc1ccncc1)C(=O)c1cccc(C(=O)Nc2cccc(C#N)c2)c1. The van der Waals surface area contributed by atoms with E-state index in [9.17, 15) is 9.59 Å². The molecule has 0 atom stereocenters. The van der Waals surface area contributed by atoms with Crippen molar-refractivity contribution in [3.05, 3.63) is 95.3 Å². The summed E-state index contributed by atoms with van der Waals surface area (Å²) in [6.45, 7) is 0.556. The van der Waals surface area contributed by atoms with E-state index in [0.717, 1.165) is 12.0 Å². The maximum absolute atomic E-state index is 12.7. The highest BCUT2D eigenvalue weighted by molar-refractivity contribution is 6.06. The number of hydrogen-bond acceptors (Lipinski definition) is 4. The van der Waals surface area contributed by atoms with Crippen LogP contribution in [0.5, 0.6) is 0 Å². The second-order valence-electron chi connectivity index (χ2n) is 6.56. The van der Waals surface area contributed by atoms with E-state index < -0.39 is 0 Å². The van der Waals surface area contributed by atoms with Crippen LogP contribution in [0.25, 0.3) is 0 Å². The van der Waals surface area contributed by atoms with Crippen LogP contribution in [-0.2, 0) is 6.42 Å². The Morgan fingerprint density at radius 2 is 1.76 bits per heavy atom. The van der Waals surface area contributed by atoms with Gasteiger partial charge in [0.15, 0.2) is 0 Å². The van der Waals surface area contributed by atoms with Crippen molar-refractivity contribution in [2.24, 2.45) is 0 Å². The van der Waals surface area contributed by atoms with Crippen LogP contribution in [0.4, 0.5) is 5.69 Å². The molecule has 0 aliphatic rings. The fourth-order valence-corrected chi connectivity index (χ4v) is 2.83. The van der Waals surface area contributed by atoms with Crippen LogP contribution < -0.4 is 5.32 Å². The average molecular weight is 384 g/mol. The van der Waals surface area contributed by atoms with E-state index in [2.05, 4.69) is 10.3 Å². The summed E-state index contributed by atoms with van der Waals surface area (Å²) in [5, 5.41) is 11.7. The molecule has 0 spiro atoms. The smallest absolute Gasteiger partial charge is 0.255 e. The maximum Gasteiger partial charge on any atom is 0.255 e. The Morgan fingerprint density at radius 1 is 1.03 bits per heavy atom. The molecule has 0 saturated carbocycles. The molecular weight excluding hydrogens is 364 g/mol. The lowest BCUT2D eigenvalue weighted by Gasteiger charge is -2.17. The van der Waals surface area contributed by atoms with Crippen LogP contribution in [0.2, 0.25) is 0 Å². The van der Waals surface area contributed by atoms with Crippen molar-refractivity contribution in [3.8, 4) is 6.07 Å². The molecule has 0 aliphatic heterocycles. The quantitative estimate of drug-likeness (QED) is 0.704. The molecule has 6 nitrogen and oxygen atoms in total. The van der Waals surface area contributed by atoms with Crippen LogP contribution in [0.1, 0.15) is 31.8 Å². The fraction of sp³-hybridized carbons (Fsp3) is 0.130. The first-order valence-electron chi connectivity index (χ1n) is 9.13. The number of rotatable bonds is 6. The molecule has 3 aromatic rings. The molecule has 0 bridgehead atoms. The molecule has 2 aromatic carbocycles. The number of anilines is 1. The van der Waals surface area contributed by atoms with Gasteiger partial charge in [-0.05, 0) is 60.5 Å². The zero-order chi connectivity index (χ0) is 20.6. The summed E-state index contributed by atoms with van der Waals surface area (Å²) >= 11 is 0. The van der Waals surface area contributed by atoms with Gasteiger partial charge in [-0.2, -0.15) is 5.26 Å². The number of nitrogens with zero attached hydrogens (tertiary/aromatic N) is 3. The molecule has 2 amide bonds. The molecular formula is C23H20N4O2. The number of nitriles is 1. The van der Waals surface area contributed by atoms with Gasteiger partial charge in [0.1, 0.15) is 0 Å². The Morgan fingerprint density at radius 3 is 2.52 bits per heavy atom. The second kappa shape index (κ2) is 9.29. The van der Waals surface area contributed by atoms with E-state index in [-0.39, 0.29) is 11.8 Å². The van der Waals surface area contributed by atoms with Crippen molar-refractivity contribution < 1.29 is 9.59 Å². The number of amides is 2. The summed E-state index contributed by atoms with van der Waals surface area (Å²) in [6.07, 6.45) is 4.18. The summed E-state index contributed by atoms with van der Waals surface area (Å²) in [6, 6.07) is 19.2. The summed E-state index contributed by atoms with van der Waals surface area (Å²) in [5.74, 6) is -0.491. The van der Waals surface area contributed by atoms with Crippen molar-refractivity contribution in [3.63, 3.8) is 0 Å². The predicted molar refractivity (Wildman–Crippen MR) is 110 cm³/mol. The molecule has 6 heteroatoms. The molecule has 29 heavy (non-hydrogen) atoms. The molecule has 0 aliphatic carbocycles. The number of nitrogens with one attached hydrogen (secondary N) is 1. The van der Waals surface area contributed by atoms with Gasteiger partial charge in [0, 0.05) is 42.8 Å². The van der Waals surface area contributed by atoms with Gasteiger partial charge in [-0.25, -0.2) is 0 Å². The molecule has 0 radical (unpaired) electrons. The molecule has 0 fully saturated rings. The van der Waals surface area contributed by atoms with E-state index >= 15 is 0 Å². The Bertz CT molecular complexity index is 1060. The Labute approximate surface area is 169 Å². The van der Waals surface area contributed by atoms with Crippen LogP contribution in [-0.4, -0.2) is 35.3 Å². The number of carbonyl (C=O) groups excluding carboxylic acids is 2. The number of aromatic nitrogens is 1. The van der Waals surface area contributed by atoms with Crippen molar-refractivity contribution in [2.45, 2.75) is 6.42 Å². The lowest BCUT2D eigenvalue weighted by Crippen LogP contribution is -2.29. The van der Waals surface area contributed by atoms with Crippen LogP contribution in [0, 0.1) is 11.3 Å². The lowest BCUT2D eigenvalue weighted by molar-refractivity contribution is 0.0796. The minimum Gasteiger partial charge on any atom is -0.341 e. The molecule has 3 rings (SSSR count). The van der Waals surface area contributed by atoms with E-state index in [1.54, 1.807) is 72.9 Å². The summed E-state index contributed by atoms with van der Waals surface area (Å²) in [5.41, 5.74) is 2.91. The monoisotopic (exact) mass is 384 g/mol. The Hall–Kier alpha value is -3.98. The molecule has 1 N–H and O–H groups in total. The van der Waals surface area contributed by atoms with Crippen LogP contribution in [0.15, 0.2) is 73.1 Å². The lowest BCUT2D eigenvalue weighted by atomic mass is 10.1. The maximum atomic E-state index is 12.7. The van der Waals surface area contributed by atoms with Gasteiger partial charge in [-0.15, -0.1) is 0 Å². The van der Waals surface area contributed by atoms with Crippen LogP contribution in [0.3, 0.4) is 0 Å². The third-order valence-corrected chi connectivity index (χ3v) is 4.45. The van der Waals surface area contributed by atoms with Gasteiger partial charge in [0.25, 0.3) is 11.8 Å². The molecule has 144 valence electrons. The summed E-state index contributed by atoms with van der Waals surface area (Å²) < 4.78 is 0. The van der Waals surface area contributed by atoms with Gasteiger partial charge >= 0.3 is 0 Å². The highest BCUT2D eigenvalue weighted by Crippen LogP contribution is 2.14. The first kappa shape index (κ1) is 19.8. The molecule has 1 aromatic heterocycles. The standard InChI is InChI=1S/C23H20N4O2/c1-27(13-10-17-8-11-25-12-9-17)23(29)20-6-3-5-19(15-20)22(28)26-21-7-2-4-18(14-21)16-24/h2-9,11-12,14-15H,10,13H2,1H3,(H,26,28). The van der Waals surface area contributed by atoms with Gasteiger partial charge in [-0.3, -0.25) is 14.6 Å². The zero-order valence-corrected chi connectivity index (χ0v) is 16.0. The first-order valence-corrected chi connectivity index (χ1v) is 9.13. The number of hydrogen-bond donors (Lipinski definition) is 1. The van der Waals surface area contributed by atoms with Gasteiger partial charge in [0.05, 0.1) is 11.6 Å². The molecule has 0 saturated heterocycles. The van der Waals surface area contributed by atoms with Crippen molar-refractivity contribution in [2.75, 3.05) is 18.9 Å². The summed E-state index contributed by atoms with van der Waals surface area (Å²) in [7, 11) is 1.74. The first-order chi connectivity index (χ1) is 14.1. The van der Waals surface area contributed by atoms with Gasteiger partial charge in [0.2, 0.25) is 0 Å². The highest BCUT2D eigenvalue weighted by atomic mass is 16.2. The highest BCUT2D eigenvalue weighted by Gasteiger charge is 2.14. The largest absolute Gasteiger partial charge is 0.341 e. The van der Waals surface area contributed by atoms with E-state index in [0.29, 0.717) is 28.9 Å². The van der Waals surface area contributed by atoms with Crippen molar-refractivity contribution in [1.82, 2.24) is 9.88 Å². The summed E-state index contributed by atoms with van der Waals surface area (Å²) in [4.78, 5) is 30.9. The molecule has 0 unspecified atom stereocenters. The number of likely N-dealkylation sites (N-methyl/N-ethyl adjacent to an activating group) is 1. The van der Waals surface area contributed by atoms with Crippen molar-refractivity contribution >= 4 is 17.5 Å². The third kappa shape index (κ3) is 5.27. The average Bonchev–Trinajstić information content (AvgIpc) is 2.77. The third-order valence-electron chi connectivity index (χ3n) is 4.45. The van der Waals surface area contributed by atoms with Crippen LogP contribution >= 0.6 is 0 Å². The van der Waals surface area contributed by atoms with E-state index in [1.165, 1.54) is 0 Å². The number of carbonyl (C=O) groups is 2. The van der Waals surface area contributed by atoms with E-state index in [4.69, 9.17) is 5.26 Å². The minimum atomic E-state index is -0.339. The predicted octanol–water partition coefficient (Wildman–Crippen LogP) is 3.52. The second-order valence-corrected chi connectivity index (χ2v) is 6.56. The number of pyridine rings is 1.